The lowest BCUT2D eigenvalue weighted by molar-refractivity contribution is 0.0933. The van der Waals surface area contributed by atoms with E-state index in [1.165, 1.54) is 11.3 Å². The molecule has 112 valence electrons. The second kappa shape index (κ2) is 5.99. The number of ether oxygens (including phenoxy) is 1. The van der Waals surface area contributed by atoms with Crippen molar-refractivity contribution in [1.82, 2.24) is 14.9 Å². The molecule has 1 atom stereocenters. The van der Waals surface area contributed by atoms with Gasteiger partial charge in [-0.25, -0.2) is 4.98 Å². The number of aryl methyl sites for hydroxylation is 1. The van der Waals surface area contributed by atoms with Gasteiger partial charge in [0.05, 0.1) is 17.5 Å². The van der Waals surface area contributed by atoms with E-state index in [0.29, 0.717) is 12.5 Å². The molecule has 1 saturated carbocycles. The Balaban J connectivity index is 1.73. The molecule has 2 aromatic heterocycles. The molecular formula is C15H19N3O2S. The van der Waals surface area contributed by atoms with Gasteiger partial charge in [-0.05, 0) is 30.9 Å². The van der Waals surface area contributed by atoms with E-state index in [2.05, 4.69) is 10.3 Å². The molecule has 1 aliphatic rings. The van der Waals surface area contributed by atoms with E-state index in [0.717, 1.165) is 28.4 Å². The lowest BCUT2D eigenvalue weighted by Gasteiger charge is -2.17. The molecule has 21 heavy (non-hydrogen) atoms. The van der Waals surface area contributed by atoms with E-state index in [1.54, 1.807) is 13.3 Å². The first kappa shape index (κ1) is 14.3. The third kappa shape index (κ3) is 3.16. The Hall–Kier alpha value is -1.66. The Bertz CT molecular complexity index is 630. The topological polar surface area (TPSA) is 56.1 Å². The van der Waals surface area contributed by atoms with Gasteiger partial charge in [0.2, 0.25) is 0 Å². The Morgan fingerprint density at radius 2 is 2.38 bits per heavy atom. The van der Waals surface area contributed by atoms with Crippen molar-refractivity contribution in [3.05, 3.63) is 40.1 Å². The number of hydrogen-bond donors (Lipinski definition) is 1. The molecule has 1 unspecified atom stereocenters. The Morgan fingerprint density at radius 1 is 1.57 bits per heavy atom. The summed E-state index contributed by atoms with van der Waals surface area (Å²) in [5, 5.41) is 3.14. The van der Waals surface area contributed by atoms with Crippen molar-refractivity contribution in [1.29, 1.82) is 0 Å². The number of thiophene rings is 1. The molecule has 1 fully saturated rings. The Kier molecular flexibility index (Phi) is 4.07. The maximum Gasteiger partial charge on any atom is 0.261 e. The van der Waals surface area contributed by atoms with Gasteiger partial charge in [-0.1, -0.05) is 0 Å². The highest BCUT2D eigenvalue weighted by Gasteiger charge is 2.36. The number of imidazole rings is 1. The maximum absolute atomic E-state index is 12.4. The van der Waals surface area contributed by atoms with Gasteiger partial charge in [-0.3, -0.25) is 4.79 Å². The van der Waals surface area contributed by atoms with E-state index < -0.39 is 0 Å². The predicted molar refractivity (Wildman–Crippen MR) is 81.2 cm³/mol. The summed E-state index contributed by atoms with van der Waals surface area (Å²) in [5.41, 5.74) is 0. The lowest BCUT2D eigenvalue weighted by atomic mass is 10.1. The Morgan fingerprint density at radius 3 is 3.00 bits per heavy atom. The van der Waals surface area contributed by atoms with Crippen LogP contribution in [0.25, 0.3) is 0 Å². The fourth-order valence-corrected chi connectivity index (χ4v) is 3.31. The zero-order chi connectivity index (χ0) is 14.8. The van der Waals surface area contributed by atoms with Crippen LogP contribution in [0.4, 0.5) is 0 Å². The average Bonchev–Trinajstić information content (AvgIpc) is 3.05. The molecule has 6 heteroatoms. The molecule has 2 heterocycles. The first-order chi connectivity index (χ1) is 10.2. The summed E-state index contributed by atoms with van der Waals surface area (Å²) in [7, 11) is 3.62. The normalized spacial score (nSPS) is 15.9. The molecule has 0 aromatic carbocycles. The van der Waals surface area contributed by atoms with Crippen LogP contribution in [0.2, 0.25) is 0 Å². The molecule has 1 aliphatic carbocycles. The van der Waals surface area contributed by atoms with Crippen molar-refractivity contribution < 1.29 is 9.53 Å². The predicted octanol–water partition coefficient (Wildman–Crippen LogP) is 2.51. The zero-order valence-corrected chi connectivity index (χ0v) is 13.0. The zero-order valence-electron chi connectivity index (χ0n) is 12.2. The molecule has 0 aliphatic heterocycles. The highest BCUT2D eigenvalue weighted by atomic mass is 32.1. The highest BCUT2D eigenvalue weighted by molar-refractivity contribution is 7.14. The van der Waals surface area contributed by atoms with E-state index >= 15 is 0 Å². The monoisotopic (exact) mass is 305 g/mol. The van der Waals surface area contributed by atoms with E-state index in [9.17, 15) is 4.79 Å². The number of hydrogen-bond acceptors (Lipinski definition) is 4. The second-order valence-electron chi connectivity index (χ2n) is 5.38. The largest absolute Gasteiger partial charge is 0.379 e. The summed E-state index contributed by atoms with van der Waals surface area (Å²) in [6.45, 7) is 0.545. The third-order valence-corrected chi connectivity index (χ3v) is 4.75. The molecule has 1 amide bonds. The van der Waals surface area contributed by atoms with Gasteiger partial charge in [0, 0.05) is 31.4 Å². The quantitative estimate of drug-likeness (QED) is 0.892. The van der Waals surface area contributed by atoms with Gasteiger partial charge in [-0.2, -0.15) is 0 Å². The van der Waals surface area contributed by atoms with Crippen LogP contribution < -0.4 is 5.32 Å². The molecule has 0 bridgehead atoms. The molecule has 0 saturated heterocycles. The molecule has 2 aromatic rings. The number of nitrogens with one attached hydrogen (secondary N) is 1. The number of carbonyl (C=O) groups excluding carboxylic acids is 1. The Labute approximate surface area is 128 Å². The van der Waals surface area contributed by atoms with Gasteiger partial charge < -0.3 is 14.6 Å². The third-order valence-electron chi connectivity index (χ3n) is 3.69. The van der Waals surface area contributed by atoms with Crippen molar-refractivity contribution in [3.8, 4) is 0 Å². The average molecular weight is 305 g/mol. The minimum atomic E-state index is -0.0257. The minimum Gasteiger partial charge on any atom is -0.379 e. The van der Waals surface area contributed by atoms with Crippen LogP contribution >= 0.6 is 11.3 Å². The fraction of sp³-hybridized carbons (Fsp3) is 0.467. The summed E-state index contributed by atoms with van der Waals surface area (Å²) in [4.78, 5) is 18.6. The second-order valence-corrected chi connectivity index (χ2v) is 6.55. The summed E-state index contributed by atoms with van der Waals surface area (Å²) in [5.74, 6) is 1.41. The maximum atomic E-state index is 12.4. The SMILES string of the molecule is COCc1ccc(C(=O)NC(c2nccn2C)C2CC2)s1. The number of rotatable bonds is 6. The first-order valence-electron chi connectivity index (χ1n) is 7.04. The summed E-state index contributed by atoms with van der Waals surface area (Å²) in [6, 6.07) is 3.80. The molecule has 0 radical (unpaired) electrons. The molecular weight excluding hydrogens is 286 g/mol. The van der Waals surface area contributed by atoms with Gasteiger partial charge in [0.15, 0.2) is 0 Å². The van der Waals surface area contributed by atoms with Crippen molar-refractivity contribution in [2.45, 2.75) is 25.5 Å². The number of nitrogens with zero attached hydrogens (tertiary/aromatic N) is 2. The smallest absolute Gasteiger partial charge is 0.261 e. The van der Waals surface area contributed by atoms with Crippen molar-refractivity contribution in [3.63, 3.8) is 0 Å². The van der Waals surface area contributed by atoms with Crippen LogP contribution in [-0.2, 0) is 18.4 Å². The van der Waals surface area contributed by atoms with Crippen LogP contribution in [0.15, 0.2) is 24.5 Å². The van der Waals surface area contributed by atoms with Crippen molar-refractivity contribution in [2.75, 3.05) is 7.11 Å². The summed E-state index contributed by atoms with van der Waals surface area (Å²) in [6.07, 6.45) is 5.99. The van der Waals surface area contributed by atoms with Crippen LogP contribution in [0.3, 0.4) is 0 Å². The van der Waals surface area contributed by atoms with E-state index in [1.807, 2.05) is 29.9 Å². The van der Waals surface area contributed by atoms with E-state index in [-0.39, 0.29) is 11.9 Å². The van der Waals surface area contributed by atoms with Crippen LogP contribution in [0.5, 0.6) is 0 Å². The number of methoxy groups -OCH3 is 1. The van der Waals surface area contributed by atoms with E-state index in [4.69, 9.17) is 4.74 Å². The molecule has 1 N–H and O–H groups in total. The van der Waals surface area contributed by atoms with Gasteiger partial charge in [-0.15, -0.1) is 11.3 Å². The van der Waals surface area contributed by atoms with Gasteiger partial charge in [0.1, 0.15) is 5.82 Å². The van der Waals surface area contributed by atoms with Gasteiger partial charge >= 0.3 is 0 Å². The van der Waals surface area contributed by atoms with Crippen LogP contribution in [0, 0.1) is 5.92 Å². The molecule has 3 rings (SSSR count). The van der Waals surface area contributed by atoms with Crippen molar-refractivity contribution >= 4 is 17.2 Å². The molecule has 5 nitrogen and oxygen atoms in total. The first-order valence-corrected chi connectivity index (χ1v) is 7.86. The molecule has 0 spiro atoms. The van der Waals surface area contributed by atoms with Gasteiger partial charge in [0.25, 0.3) is 5.91 Å². The summed E-state index contributed by atoms with van der Waals surface area (Å²) >= 11 is 1.48. The summed E-state index contributed by atoms with van der Waals surface area (Å²) < 4.78 is 7.07. The van der Waals surface area contributed by atoms with Crippen LogP contribution in [0.1, 0.15) is 39.3 Å². The minimum absolute atomic E-state index is 0.00507. The number of carbonyl (C=O) groups is 1. The number of aromatic nitrogens is 2. The van der Waals surface area contributed by atoms with Crippen molar-refractivity contribution in [2.24, 2.45) is 13.0 Å². The number of amides is 1. The lowest BCUT2D eigenvalue weighted by Crippen LogP contribution is -2.31. The highest BCUT2D eigenvalue weighted by Crippen LogP contribution is 2.40. The fourth-order valence-electron chi connectivity index (χ4n) is 2.43. The van der Waals surface area contributed by atoms with Crippen LogP contribution in [-0.4, -0.2) is 22.6 Å². The standard InChI is InChI=1S/C15H19N3O2S/c1-18-8-7-16-14(18)13(10-3-4-10)17-15(19)12-6-5-11(21-12)9-20-2/h5-8,10,13H,3-4,9H2,1-2H3,(H,17,19).